The SMILES string of the molecule is Cc1ccc(S(=O)(=O)N[C@@H]2COC(=O)[C@H](C)COC(=O)CC=C[C@H]2C)cc1. The first kappa shape index (κ1) is 21.1. The molecular formula is C19H25NO6S. The summed E-state index contributed by atoms with van der Waals surface area (Å²) in [6, 6.07) is 5.81. The molecule has 0 aromatic heterocycles. The summed E-state index contributed by atoms with van der Waals surface area (Å²) in [5.41, 5.74) is 0.950. The summed E-state index contributed by atoms with van der Waals surface area (Å²) < 4.78 is 38.2. The van der Waals surface area contributed by atoms with E-state index in [1.54, 1.807) is 38.1 Å². The number of benzene rings is 1. The molecule has 0 spiro atoms. The smallest absolute Gasteiger partial charge is 0.312 e. The number of ether oxygens (including phenoxy) is 2. The number of carbonyl (C=O) groups excluding carboxylic acids is 2. The fourth-order valence-electron chi connectivity index (χ4n) is 2.45. The van der Waals surface area contributed by atoms with Crippen molar-refractivity contribution in [2.75, 3.05) is 13.2 Å². The molecule has 148 valence electrons. The van der Waals surface area contributed by atoms with Crippen LogP contribution in [0.5, 0.6) is 0 Å². The lowest BCUT2D eigenvalue weighted by molar-refractivity contribution is -0.154. The highest BCUT2D eigenvalue weighted by molar-refractivity contribution is 7.89. The Balaban J connectivity index is 2.22. The highest BCUT2D eigenvalue weighted by Crippen LogP contribution is 2.15. The summed E-state index contributed by atoms with van der Waals surface area (Å²) in [4.78, 5) is 23.8. The molecule has 0 fully saturated rings. The summed E-state index contributed by atoms with van der Waals surface area (Å²) in [6.07, 6.45) is 3.40. The normalized spacial score (nSPS) is 25.1. The van der Waals surface area contributed by atoms with Gasteiger partial charge in [-0.05, 0) is 31.9 Å². The average Bonchev–Trinajstić information content (AvgIpc) is 2.62. The maximum Gasteiger partial charge on any atom is 0.312 e. The third kappa shape index (κ3) is 6.18. The number of cyclic esters (lactones) is 2. The maximum atomic E-state index is 12.7. The molecular weight excluding hydrogens is 370 g/mol. The van der Waals surface area contributed by atoms with Crippen LogP contribution < -0.4 is 4.72 Å². The van der Waals surface area contributed by atoms with Gasteiger partial charge in [-0.1, -0.05) is 36.8 Å². The second kappa shape index (κ2) is 9.14. The van der Waals surface area contributed by atoms with Crippen LogP contribution in [0.15, 0.2) is 41.3 Å². The van der Waals surface area contributed by atoms with Crippen LogP contribution in [-0.2, 0) is 29.1 Å². The topological polar surface area (TPSA) is 98.8 Å². The molecule has 0 amide bonds. The molecule has 8 heteroatoms. The van der Waals surface area contributed by atoms with Gasteiger partial charge >= 0.3 is 11.9 Å². The number of carbonyl (C=O) groups is 2. The predicted molar refractivity (Wildman–Crippen MR) is 99.3 cm³/mol. The van der Waals surface area contributed by atoms with Crippen LogP contribution in [0.25, 0.3) is 0 Å². The Morgan fingerprint density at radius 2 is 1.70 bits per heavy atom. The third-order valence-electron chi connectivity index (χ3n) is 4.30. The van der Waals surface area contributed by atoms with Gasteiger partial charge in [-0.3, -0.25) is 9.59 Å². The first-order chi connectivity index (χ1) is 12.7. The Bertz CT molecular complexity index is 800. The van der Waals surface area contributed by atoms with E-state index in [4.69, 9.17) is 9.47 Å². The van der Waals surface area contributed by atoms with Crippen molar-refractivity contribution in [3.8, 4) is 0 Å². The van der Waals surface area contributed by atoms with E-state index in [9.17, 15) is 18.0 Å². The molecule has 0 aliphatic carbocycles. The first-order valence-electron chi connectivity index (χ1n) is 8.77. The molecule has 1 aliphatic rings. The summed E-state index contributed by atoms with van der Waals surface area (Å²) in [7, 11) is -3.78. The Labute approximate surface area is 159 Å². The Morgan fingerprint density at radius 1 is 1.04 bits per heavy atom. The van der Waals surface area contributed by atoms with E-state index >= 15 is 0 Å². The molecule has 27 heavy (non-hydrogen) atoms. The van der Waals surface area contributed by atoms with Crippen molar-refractivity contribution in [2.45, 2.75) is 38.1 Å². The average molecular weight is 395 g/mol. The van der Waals surface area contributed by atoms with E-state index in [0.717, 1.165) is 5.56 Å². The van der Waals surface area contributed by atoms with E-state index < -0.39 is 33.9 Å². The van der Waals surface area contributed by atoms with Gasteiger partial charge in [0.1, 0.15) is 13.2 Å². The van der Waals surface area contributed by atoms with Gasteiger partial charge in [0.2, 0.25) is 10.0 Å². The fourth-order valence-corrected chi connectivity index (χ4v) is 3.76. The van der Waals surface area contributed by atoms with Gasteiger partial charge in [0, 0.05) is 0 Å². The van der Waals surface area contributed by atoms with Crippen LogP contribution in [-0.4, -0.2) is 39.6 Å². The Kier molecular flexibility index (Phi) is 7.15. The number of nitrogens with one attached hydrogen (secondary N) is 1. The second-order valence-electron chi connectivity index (χ2n) is 6.75. The van der Waals surface area contributed by atoms with Crippen molar-refractivity contribution >= 4 is 22.0 Å². The summed E-state index contributed by atoms with van der Waals surface area (Å²) in [5.74, 6) is -1.92. The van der Waals surface area contributed by atoms with Crippen LogP contribution in [0.1, 0.15) is 25.8 Å². The van der Waals surface area contributed by atoms with Crippen molar-refractivity contribution in [2.24, 2.45) is 11.8 Å². The lowest BCUT2D eigenvalue weighted by Crippen LogP contribution is -2.43. The lowest BCUT2D eigenvalue weighted by atomic mass is 10.0. The van der Waals surface area contributed by atoms with Gasteiger partial charge in [-0.25, -0.2) is 13.1 Å². The zero-order valence-corrected chi connectivity index (χ0v) is 16.5. The van der Waals surface area contributed by atoms with Crippen molar-refractivity contribution in [3.05, 3.63) is 42.0 Å². The Morgan fingerprint density at radius 3 is 2.37 bits per heavy atom. The minimum absolute atomic E-state index is 0.0591. The quantitative estimate of drug-likeness (QED) is 0.620. The molecule has 0 bridgehead atoms. The molecule has 7 nitrogen and oxygen atoms in total. The van der Waals surface area contributed by atoms with E-state index in [1.807, 2.05) is 6.92 Å². The standard InChI is InChI=1S/C19H25NO6S/c1-13-7-9-16(10-8-13)27(23,24)20-17-12-26-19(22)15(3)11-25-18(21)6-4-5-14(17)2/h4-5,7-10,14-15,17,20H,6,11-12H2,1-3H3/t14-,15-,17-/m1/s1. The third-order valence-corrected chi connectivity index (χ3v) is 5.80. The van der Waals surface area contributed by atoms with Gasteiger partial charge in [-0.15, -0.1) is 0 Å². The van der Waals surface area contributed by atoms with E-state index in [2.05, 4.69) is 4.72 Å². The van der Waals surface area contributed by atoms with Gasteiger partial charge in [0.05, 0.1) is 23.3 Å². The van der Waals surface area contributed by atoms with Gasteiger partial charge in [-0.2, -0.15) is 0 Å². The second-order valence-corrected chi connectivity index (χ2v) is 8.46. The first-order valence-corrected chi connectivity index (χ1v) is 10.3. The van der Waals surface area contributed by atoms with Gasteiger partial charge < -0.3 is 9.47 Å². The molecule has 1 aromatic carbocycles. The highest BCUT2D eigenvalue weighted by atomic mass is 32.2. The molecule has 1 N–H and O–H groups in total. The lowest BCUT2D eigenvalue weighted by Gasteiger charge is -2.24. The molecule has 0 saturated heterocycles. The molecule has 1 aliphatic heterocycles. The summed E-state index contributed by atoms with van der Waals surface area (Å²) in [5, 5.41) is 0. The molecule has 3 atom stereocenters. The van der Waals surface area contributed by atoms with Crippen molar-refractivity contribution in [3.63, 3.8) is 0 Å². The van der Waals surface area contributed by atoms with Crippen LogP contribution in [0.2, 0.25) is 0 Å². The molecule has 1 aromatic rings. The monoisotopic (exact) mass is 395 g/mol. The van der Waals surface area contributed by atoms with Crippen LogP contribution in [0.3, 0.4) is 0 Å². The molecule has 0 unspecified atom stereocenters. The van der Waals surface area contributed by atoms with Crippen LogP contribution >= 0.6 is 0 Å². The molecule has 1 heterocycles. The number of rotatable bonds is 3. The summed E-state index contributed by atoms with van der Waals surface area (Å²) >= 11 is 0. The van der Waals surface area contributed by atoms with Crippen molar-refractivity contribution in [1.82, 2.24) is 4.72 Å². The Hall–Kier alpha value is -2.19. The number of hydrogen-bond acceptors (Lipinski definition) is 6. The van der Waals surface area contributed by atoms with E-state index in [-0.39, 0.29) is 30.4 Å². The van der Waals surface area contributed by atoms with Crippen molar-refractivity contribution in [1.29, 1.82) is 0 Å². The molecule has 2 rings (SSSR count). The van der Waals surface area contributed by atoms with E-state index in [1.165, 1.54) is 12.1 Å². The van der Waals surface area contributed by atoms with Crippen LogP contribution in [0, 0.1) is 18.8 Å². The number of esters is 2. The molecule has 0 saturated carbocycles. The maximum absolute atomic E-state index is 12.7. The van der Waals surface area contributed by atoms with Gasteiger partial charge in [0.15, 0.2) is 0 Å². The van der Waals surface area contributed by atoms with Gasteiger partial charge in [0.25, 0.3) is 0 Å². The number of hydrogen-bond donors (Lipinski definition) is 1. The largest absolute Gasteiger partial charge is 0.465 e. The summed E-state index contributed by atoms with van der Waals surface area (Å²) in [6.45, 7) is 5.06. The minimum atomic E-state index is -3.78. The van der Waals surface area contributed by atoms with Crippen LogP contribution in [0.4, 0.5) is 0 Å². The van der Waals surface area contributed by atoms with E-state index in [0.29, 0.717) is 0 Å². The molecule has 0 radical (unpaired) electrons. The fraction of sp³-hybridized carbons (Fsp3) is 0.474. The zero-order valence-electron chi connectivity index (χ0n) is 15.7. The number of sulfonamides is 1. The minimum Gasteiger partial charge on any atom is -0.465 e. The highest BCUT2D eigenvalue weighted by Gasteiger charge is 2.26. The number of aryl methyl sites for hydroxylation is 1. The zero-order chi connectivity index (χ0) is 20.0. The van der Waals surface area contributed by atoms with Crippen molar-refractivity contribution < 1.29 is 27.5 Å². The predicted octanol–water partition coefficient (Wildman–Crippen LogP) is 1.96.